The Morgan fingerprint density at radius 3 is 2.82 bits per heavy atom. The van der Waals surface area contributed by atoms with Gasteiger partial charge >= 0.3 is 0 Å². The minimum Gasteiger partial charge on any atom is -0.326 e. The number of thioether (sulfide) groups is 1. The van der Waals surface area contributed by atoms with E-state index in [1.807, 2.05) is 30.3 Å². The number of carbonyl (C=O) groups is 3. The van der Waals surface area contributed by atoms with Crippen LogP contribution in [0, 0.1) is 0 Å². The van der Waals surface area contributed by atoms with Crippen molar-refractivity contribution in [3.05, 3.63) is 42.5 Å². The first kappa shape index (κ1) is 18.5. The molecule has 4 rings (SSSR count). The lowest BCUT2D eigenvalue weighted by Gasteiger charge is -2.23. The Balaban J connectivity index is 1.43. The molecule has 3 aromatic rings. The molecule has 0 aliphatic carbocycles. The van der Waals surface area contributed by atoms with Crippen molar-refractivity contribution in [2.45, 2.75) is 23.5 Å². The normalized spacial score (nSPS) is 15.6. The number of rotatable bonds is 4. The van der Waals surface area contributed by atoms with Crippen molar-refractivity contribution in [3.8, 4) is 0 Å². The standard InChI is InChI=1S/C19H16N4O3S2/c1-10(24)20-11-6-7-13-15(8-11)28-19(22-13)23-17(25)9-16-18(26)21-12-4-2-3-5-14(12)27-16/h2-8,16H,9H2,1H3,(H,20,24)(H,21,26)(H,22,23,25). The highest BCUT2D eigenvalue weighted by atomic mass is 32.2. The van der Waals surface area contributed by atoms with Crippen LogP contribution in [0.3, 0.4) is 0 Å². The molecule has 1 aliphatic heterocycles. The summed E-state index contributed by atoms with van der Waals surface area (Å²) < 4.78 is 0.847. The van der Waals surface area contributed by atoms with Gasteiger partial charge in [-0.05, 0) is 30.3 Å². The molecule has 1 aromatic heterocycles. The van der Waals surface area contributed by atoms with E-state index >= 15 is 0 Å². The van der Waals surface area contributed by atoms with Gasteiger partial charge in [0, 0.05) is 23.9 Å². The number of carbonyl (C=O) groups excluding carboxylic acids is 3. The molecule has 0 saturated carbocycles. The van der Waals surface area contributed by atoms with E-state index in [0.29, 0.717) is 10.8 Å². The molecule has 3 amide bonds. The number of benzene rings is 2. The molecule has 28 heavy (non-hydrogen) atoms. The molecule has 3 N–H and O–H groups in total. The highest BCUT2D eigenvalue weighted by Crippen LogP contribution is 2.37. The SMILES string of the molecule is CC(=O)Nc1ccc2nc(NC(=O)CC3Sc4ccccc4NC3=O)sc2c1. The van der Waals surface area contributed by atoms with Gasteiger partial charge in [0.2, 0.25) is 17.7 Å². The average Bonchev–Trinajstić information content (AvgIpc) is 3.03. The molecule has 2 heterocycles. The van der Waals surface area contributed by atoms with E-state index in [9.17, 15) is 14.4 Å². The van der Waals surface area contributed by atoms with E-state index in [1.54, 1.807) is 12.1 Å². The number of anilines is 3. The maximum atomic E-state index is 12.4. The van der Waals surface area contributed by atoms with Crippen LogP contribution in [0.4, 0.5) is 16.5 Å². The summed E-state index contributed by atoms with van der Waals surface area (Å²) in [6.45, 7) is 1.44. The van der Waals surface area contributed by atoms with Gasteiger partial charge in [0.15, 0.2) is 5.13 Å². The zero-order valence-electron chi connectivity index (χ0n) is 14.8. The number of hydrogen-bond acceptors (Lipinski definition) is 6. The Morgan fingerprint density at radius 1 is 1.18 bits per heavy atom. The van der Waals surface area contributed by atoms with Crippen LogP contribution in [0.1, 0.15) is 13.3 Å². The minimum atomic E-state index is -0.490. The molecule has 1 unspecified atom stereocenters. The molecule has 0 bridgehead atoms. The number of nitrogens with one attached hydrogen (secondary N) is 3. The van der Waals surface area contributed by atoms with Crippen molar-refractivity contribution in [2.75, 3.05) is 16.0 Å². The molecule has 7 nitrogen and oxygen atoms in total. The minimum absolute atomic E-state index is 0.0535. The summed E-state index contributed by atoms with van der Waals surface area (Å²) in [6, 6.07) is 12.9. The summed E-state index contributed by atoms with van der Waals surface area (Å²) in [5, 5.41) is 8.30. The summed E-state index contributed by atoms with van der Waals surface area (Å²) >= 11 is 2.70. The third-order valence-corrected chi connectivity index (χ3v) is 6.24. The van der Waals surface area contributed by atoms with Crippen LogP contribution in [0.25, 0.3) is 10.2 Å². The lowest BCUT2D eigenvalue weighted by molar-refractivity contribution is -0.120. The van der Waals surface area contributed by atoms with Gasteiger partial charge in [-0.2, -0.15) is 0 Å². The van der Waals surface area contributed by atoms with E-state index in [-0.39, 0.29) is 24.1 Å². The van der Waals surface area contributed by atoms with Gasteiger partial charge in [-0.15, -0.1) is 11.8 Å². The molecule has 0 spiro atoms. The van der Waals surface area contributed by atoms with E-state index in [0.717, 1.165) is 20.8 Å². The predicted octanol–water partition coefficient (Wildman–Crippen LogP) is 3.70. The van der Waals surface area contributed by atoms with Crippen LogP contribution in [0.15, 0.2) is 47.4 Å². The summed E-state index contributed by atoms with van der Waals surface area (Å²) in [5.74, 6) is -0.599. The second-order valence-electron chi connectivity index (χ2n) is 6.23. The van der Waals surface area contributed by atoms with Crippen molar-refractivity contribution in [1.29, 1.82) is 0 Å². The molecule has 142 valence electrons. The topological polar surface area (TPSA) is 100 Å². The zero-order chi connectivity index (χ0) is 19.7. The first-order valence-electron chi connectivity index (χ1n) is 8.52. The maximum Gasteiger partial charge on any atom is 0.238 e. The van der Waals surface area contributed by atoms with E-state index < -0.39 is 5.25 Å². The van der Waals surface area contributed by atoms with E-state index in [2.05, 4.69) is 20.9 Å². The summed E-state index contributed by atoms with van der Waals surface area (Å²) in [5.41, 5.74) is 2.18. The van der Waals surface area contributed by atoms with Crippen LogP contribution in [-0.4, -0.2) is 28.0 Å². The van der Waals surface area contributed by atoms with Crippen LogP contribution in [0.2, 0.25) is 0 Å². The monoisotopic (exact) mass is 412 g/mol. The van der Waals surface area contributed by atoms with Gasteiger partial charge < -0.3 is 16.0 Å². The van der Waals surface area contributed by atoms with Crippen molar-refractivity contribution in [1.82, 2.24) is 4.98 Å². The van der Waals surface area contributed by atoms with Gasteiger partial charge in [-0.1, -0.05) is 23.5 Å². The Hall–Kier alpha value is -2.91. The molecule has 0 fully saturated rings. The second-order valence-corrected chi connectivity index (χ2v) is 8.50. The average molecular weight is 412 g/mol. The number of hydrogen-bond donors (Lipinski definition) is 3. The summed E-state index contributed by atoms with van der Waals surface area (Å²) in [4.78, 5) is 41.2. The fourth-order valence-corrected chi connectivity index (χ4v) is 4.86. The van der Waals surface area contributed by atoms with Crippen molar-refractivity contribution < 1.29 is 14.4 Å². The number of para-hydroxylation sites is 1. The lowest BCUT2D eigenvalue weighted by Crippen LogP contribution is -2.32. The van der Waals surface area contributed by atoms with Crippen molar-refractivity contribution >= 4 is 67.5 Å². The Bertz CT molecular complexity index is 1100. The summed E-state index contributed by atoms with van der Waals surface area (Å²) in [6.07, 6.45) is 0.0535. The Morgan fingerprint density at radius 2 is 2.00 bits per heavy atom. The summed E-state index contributed by atoms with van der Waals surface area (Å²) in [7, 11) is 0. The highest BCUT2D eigenvalue weighted by molar-refractivity contribution is 8.01. The van der Waals surface area contributed by atoms with E-state index in [1.165, 1.54) is 30.0 Å². The van der Waals surface area contributed by atoms with Crippen molar-refractivity contribution in [3.63, 3.8) is 0 Å². The third kappa shape index (κ3) is 4.00. The lowest BCUT2D eigenvalue weighted by atomic mass is 10.2. The zero-order valence-corrected chi connectivity index (χ0v) is 16.4. The largest absolute Gasteiger partial charge is 0.326 e. The highest BCUT2D eigenvalue weighted by Gasteiger charge is 2.29. The van der Waals surface area contributed by atoms with Gasteiger partial charge in [-0.25, -0.2) is 4.98 Å². The van der Waals surface area contributed by atoms with E-state index in [4.69, 9.17) is 0 Å². The molecule has 2 aromatic carbocycles. The molecule has 9 heteroatoms. The number of aromatic nitrogens is 1. The first-order chi connectivity index (χ1) is 13.5. The molecule has 0 radical (unpaired) electrons. The van der Waals surface area contributed by atoms with Crippen LogP contribution in [0.5, 0.6) is 0 Å². The maximum absolute atomic E-state index is 12.4. The fraction of sp³-hybridized carbons (Fsp3) is 0.158. The van der Waals surface area contributed by atoms with Gasteiger partial charge in [0.1, 0.15) is 0 Å². The van der Waals surface area contributed by atoms with Gasteiger partial charge in [0.25, 0.3) is 0 Å². The Kier molecular flexibility index (Phi) is 5.01. The molecule has 1 atom stereocenters. The molecule has 1 aliphatic rings. The smallest absolute Gasteiger partial charge is 0.238 e. The quantitative estimate of drug-likeness (QED) is 0.607. The molecular formula is C19H16N4O3S2. The van der Waals surface area contributed by atoms with Crippen LogP contribution >= 0.6 is 23.1 Å². The number of amides is 3. The Labute approximate surface area is 168 Å². The van der Waals surface area contributed by atoms with Crippen LogP contribution < -0.4 is 16.0 Å². The second kappa shape index (κ2) is 7.61. The van der Waals surface area contributed by atoms with Crippen molar-refractivity contribution in [2.24, 2.45) is 0 Å². The third-order valence-electron chi connectivity index (χ3n) is 4.03. The van der Waals surface area contributed by atoms with Gasteiger partial charge in [-0.3, -0.25) is 14.4 Å². The predicted molar refractivity (Wildman–Crippen MR) is 112 cm³/mol. The van der Waals surface area contributed by atoms with Crippen LogP contribution in [-0.2, 0) is 14.4 Å². The number of fused-ring (bicyclic) bond motifs is 2. The molecular weight excluding hydrogens is 396 g/mol. The number of nitrogens with zero attached hydrogens (tertiary/aromatic N) is 1. The first-order valence-corrected chi connectivity index (χ1v) is 10.2. The number of thiazole rings is 1. The fourth-order valence-electron chi connectivity index (χ4n) is 2.82. The molecule has 0 saturated heterocycles. The van der Waals surface area contributed by atoms with Gasteiger partial charge in [0.05, 0.1) is 21.2 Å².